The number of unbranched alkanes of at least 4 members (excludes halogenated alkanes) is 9. The van der Waals surface area contributed by atoms with Gasteiger partial charge in [0.1, 0.15) is 0 Å². The molecule has 0 aromatic carbocycles. The molecule has 0 bridgehead atoms. The van der Waals surface area contributed by atoms with Gasteiger partial charge in [-0.1, -0.05) is 70.8 Å². The van der Waals surface area contributed by atoms with Crippen LogP contribution in [0.2, 0.25) is 0 Å². The predicted octanol–water partition coefficient (Wildman–Crippen LogP) is 5.20. The molecule has 1 rings (SSSR count). The number of aryl methyl sites for hydroxylation is 1. The van der Waals surface area contributed by atoms with Crippen LogP contribution in [0.4, 0.5) is 0 Å². The molecular formula is C18H33BO2S. The fourth-order valence-electron chi connectivity index (χ4n) is 2.77. The monoisotopic (exact) mass is 324 g/mol. The van der Waals surface area contributed by atoms with E-state index in [2.05, 4.69) is 19.1 Å². The summed E-state index contributed by atoms with van der Waals surface area (Å²) in [4.78, 5) is 1.45. The minimum Gasteiger partial charge on any atom is -0.410 e. The van der Waals surface area contributed by atoms with E-state index in [0.717, 1.165) is 0 Å². The molecule has 0 atom stereocenters. The molecule has 0 N–H and O–H groups in total. The molecule has 0 saturated heterocycles. The van der Waals surface area contributed by atoms with Crippen LogP contribution in [-0.2, 0) is 15.7 Å². The molecular weight excluding hydrogens is 291 g/mol. The van der Waals surface area contributed by atoms with Gasteiger partial charge in [0.25, 0.3) is 0 Å². The first-order chi connectivity index (χ1) is 10.8. The van der Waals surface area contributed by atoms with Gasteiger partial charge in [0.2, 0.25) is 0 Å². The summed E-state index contributed by atoms with van der Waals surface area (Å²) >= 11 is 1.82. The van der Waals surface area contributed by atoms with Crippen LogP contribution in [0.25, 0.3) is 0 Å². The summed E-state index contributed by atoms with van der Waals surface area (Å²) in [5.74, 6) is 0. The third kappa shape index (κ3) is 8.35. The van der Waals surface area contributed by atoms with Crippen molar-refractivity contribution in [3.05, 3.63) is 17.0 Å². The second-order valence-corrected chi connectivity index (χ2v) is 7.24. The van der Waals surface area contributed by atoms with Crippen LogP contribution < -0.4 is 4.78 Å². The zero-order chi connectivity index (χ0) is 16.0. The Kier molecular flexibility index (Phi) is 11.8. The smallest absolute Gasteiger partial charge is 0.410 e. The Morgan fingerprint density at radius 2 is 1.36 bits per heavy atom. The zero-order valence-corrected chi connectivity index (χ0v) is 15.6. The highest BCUT2D eigenvalue weighted by molar-refractivity contribution is 7.22. The van der Waals surface area contributed by atoms with Gasteiger partial charge in [-0.3, -0.25) is 0 Å². The lowest BCUT2D eigenvalue weighted by molar-refractivity contribution is 0.292. The van der Waals surface area contributed by atoms with Crippen molar-refractivity contribution in [1.29, 1.82) is 0 Å². The largest absolute Gasteiger partial charge is 0.504 e. The van der Waals surface area contributed by atoms with Gasteiger partial charge < -0.3 is 9.31 Å². The van der Waals surface area contributed by atoms with Gasteiger partial charge in [0.15, 0.2) is 0 Å². The summed E-state index contributed by atoms with van der Waals surface area (Å²) in [5.41, 5.74) is 0. The summed E-state index contributed by atoms with van der Waals surface area (Å²) in [5, 5.41) is 0. The summed E-state index contributed by atoms with van der Waals surface area (Å²) in [7, 11) is 3.18. The quantitative estimate of drug-likeness (QED) is 0.346. The Hall–Kier alpha value is -0.315. The lowest BCUT2D eigenvalue weighted by Crippen LogP contribution is -2.32. The van der Waals surface area contributed by atoms with Gasteiger partial charge >= 0.3 is 7.12 Å². The Labute approximate surface area is 141 Å². The van der Waals surface area contributed by atoms with Crippen molar-refractivity contribution in [2.45, 2.75) is 77.6 Å². The summed E-state index contributed by atoms with van der Waals surface area (Å²) in [6.07, 6.45) is 15.2. The highest BCUT2D eigenvalue weighted by Gasteiger charge is 2.19. The van der Waals surface area contributed by atoms with Crippen molar-refractivity contribution < 1.29 is 9.31 Å². The van der Waals surface area contributed by atoms with Crippen molar-refractivity contribution >= 4 is 23.2 Å². The fourth-order valence-corrected chi connectivity index (χ4v) is 3.88. The van der Waals surface area contributed by atoms with E-state index in [1.807, 2.05) is 11.3 Å². The molecule has 126 valence electrons. The molecule has 0 aliphatic rings. The Bertz CT molecular complexity index is 364. The van der Waals surface area contributed by atoms with E-state index in [0.29, 0.717) is 0 Å². The van der Waals surface area contributed by atoms with Crippen molar-refractivity contribution in [2.75, 3.05) is 14.2 Å². The summed E-state index contributed by atoms with van der Waals surface area (Å²) in [6.45, 7) is 2.28. The first-order valence-corrected chi connectivity index (χ1v) is 9.77. The molecule has 0 radical (unpaired) electrons. The van der Waals surface area contributed by atoms with Gasteiger partial charge in [-0.15, -0.1) is 11.3 Å². The zero-order valence-electron chi connectivity index (χ0n) is 14.7. The van der Waals surface area contributed by atoms with Crippen LogP contribution in [0.1, 0.15) is 76.0 Å². The molecule has 0 aliphatic heterocycles. The van der Waals surface area contributed by atoms with E-state index in [-0.39, 0.29) is 7.12 Å². The standard InChI is InChI=1S/C18H33BO2S/c1-4-5-6-7-8-9-10-11-12-13-14-17-15-16-18(22-17)19(20-2)21-3/h15-16H,4-14H2,1-3H3. The van der Waals surface area contributed by atoms with Gasteiger partial charge in [0.05, 0.1) is 0 Å². The molecule has 0 saturated carbocycles. The highest BCUT2D eigenvalue weighted by Crippen LogP contribution is 2.15. The maximum Gasteiger partial charge on any atom is 0.504 e. The summed E-state index contributed by atoms with van der Waals surface area (Å²) < 4.78 is 11.8. The molecule has 1 aromatic heterocycles. The van der Waals surface area contributed by atoms with Gasteiger partial charge in [-0.05, 0) is 18.9 Å². The molecule has 2 nitrogen and oxygen atoms in total. The SMILES string of the molecule is CCCCCCCCCCCCc1ccc(B(OC)OC)s1. The second-order valence-electron chi connectivity index (χ2n) is 6.04. The predicted molar refractivity (Wildman–Crippen MR) is 99.3 cm³/mol. The molecule has 0 amide bonds. The van der Waals surface area contributed by atoms with Crippen molar-refractivity contribution in [1.82, 2.24) is 0 Å². The average Bonchev–Trinajstić information content (AvgIpc) is 2.99. The van der Waals surface area contributed by atoms with Crippen molar-refractivity contribution in [3.8, 4) is 0 Å². The van der Waals surface area contributed by atoms with E-state index in [1.54, 1.807) is 14.2 Å². The lowest BCUT2D eigenvalue weighted by atomic mass is 9.88. The maximum atomic E-state index is 5.29. The summed E-state index contributed by atoms with van der Waals surface area (Å²) in [6, 6.07) is 4.35. The topological polar surface area (TPSA) is 18.5 Å². The third-order valence-electron chi connectivity index (χ3n) is 4.12. The van der Waals surface area contributed by atoms with Crippen LogP contribution in [-0.4, -0.2) is 21.3 Å². The van der Waals surface area contributed by atoms with E-state index in [4.69, 9.17) is 9.31 Å². The number of thiophene rings is 1. The first kappa shape index (κ1) is 19.7. The van der Waals surface area contributed by atoms with Crippen LogP contribution in [0.5, 0.6) is 0 Å². The molecule has 1 aromatic rings. The van der Waals surface area contributed by atoms with Crippen molar-refractivity contribution in [3.63, 3.8) is 0 Å². The Balaban J connectivity index is 2.01. The molecule has 0 unspecified atom stereocenters. The van der Waals surface area contributed by atoms with Crippen LogP contribution >= 0.6 is 11.3 Å². The fraction of sp³-hybridized carbons (Fsp3) is 0.778. The van der Waals surface area contributed by atoms with E-state index in [1.165, 1.54) is 80.3 Å². The minimum atomic E-state index is -0.202. The third-order valence-corrected chi connectivity index (χ3v) is 5.29. The number of rotatable bonds is 14. The molecule has 4 heteroatoms. The average molecular weight is 324 g/mol. The van der Waals surface area contributed by atoms with E-state index >= 15 is 0 Å². The number of hydrogen-bond acceptors (Lipinski definition) is 3. The number of hydrogen-bond donors (Lipinski definition) is 0. The highest BCUT2D eigenvalue weighted by atomic mass is 32.1. The minimum absolute atomic E-state index is 0.202. The first-order valence-electron chi connectivity index (χ1n) is 8.96. The normalized spacial score (nSPS) is 11.0. The molecule has 0 spiro atoms. The van der Waals surface area contributed by atoms with Crippen LogP contribution in [0.15, 0.2) is 12.1 Å². The molecule has 22 heavy (non-hydrogen) atoms. The molecule has 0 fully saturated rings. The molecule has 0 aliphatic carbocycles. The lowest BCUT2D eigenvalue weighted by Gasteiger charge is -2.04. The van der Waals surface area contributed by atoms with Gasteiger partial charge in [-0.2, -0.15) is 0 Å². The van der Waals surface area contributed by atoms with Gasteiger partial charge in [0, 0.05) is 23.9 Å². The molecule has 1 heterocycles. The Morgan fingerprint density at radius 3 is 1.91 bits per heavy atom. The van der Waals surface area contributed by atoms with Crippen LogP contribution in [0.3, 0.4) is 0 Å². The second kappa shape index (κ2) is 13.2. The van der Waals surface area contributed by atoms with Crippen molar-refractivity contribution in [2.24, 2.45) is 0 Å². The van der Waals surface area contributed by atoms with E-state index in [9.17, 15) is 0 Å². The van der Waals surface area contributed by atoms with Gasteiger partial charge in [-0.25, -0.2) is 0 Å². The van der Waals surface area contributed by atoms with Crippen LogP contribution in [0, 0.1) is 0 Å². The Morgan fingerprint density at radius 1 is 0.818 bits per heavy atom. The van der Waals surface area contributed by atoms with E-state index < -0.39 is 0 Å². The maximum absolute atomic E-state index is 5.29.